The molecule has 0 radical (unpaired) electrons. The molecule has 1 rings (SSSR count). The monoisotopic (exact) mass is 635 g/mol. The van der Waals surface area contributed by atoms with Crippen molar-refractivity contribution in [3.05, 3.63) is 47.0 Å². The molecule has 0 spiro atoms. The number of hydrogen-bond donors (Lipinski definition) is 3. The van der Waals surface area contributed by atoms with Crippen LogP contribution in [0.2, 0.25) is 0 Å². The van der Waals surface area contributed by atoms with Crippen molar-refractivity contribution in [2.75, 3.05) is 0 Å². The summed E-state index contributed by atoms with van der Waals surface area (Å²) in [5.74, 6) is -1.55. The summed E-state index contributed by atoms with van der Waals surface area (Å²) in [4.78, 5) is 51.2. The molecular formula is C34H53NO10. The third-order valence-corrected chi connectivity index (χ3v) is 7.48. The first-order valence-electron chi connectivity index (χ1n) is 15.4. The van der Waals surface area contributed by atoms with Gasteiger partial charge in [-0.15, -0.1) is 0 Å². The molecule has 0 aromatic heterocycles. The maximum Gasteiger partial charge on any atom is 0.508 e. The molecule has 45 heavy (non-hydrogen) atoms. The lowest BCUT2D eigenvalue weighted by Gasteiger charge is -2.33. The summed E-state index contributed by atoms with van der Waals surface area (Å²) in [6.45, 7) is 18.4. The average Bonchev–Trinajstić information content (AvgIpc) is 2.95. The van der Waals surface area contributed by atoms with Crippen molar-refractivity contribution >= 4 is 24.0 Å². The SMILES string of the molecule is CC[C@H](OC(=O)OCc1ccccc1)C(C)(C)C(=O)[C@H](O)/C(C)=C(\C)[C@H](C)OC(=O)C(O)[C@H](CC(C)C)NC(=O)OC(C)(C)C. The zero-order valence-electron chi connectivity index (χ0n) is 28.6. The first-order valence-corrected chi connectivity index (χ1v) is 15.4. The van der Waals surface area contributed by atoms with Gasteiger partial charge in [0.2, 0.25) is 0 Å². The fourth-order valence-electron chi connectivity index (χ4n) is 4.58. The molecule has 5 atom stereocenters. The van der Waals surface area contributed by atoms with Gasteiger partial charge in [0.15, 0.2) is 11.9 Å². The van der Waals surface area contributed by atoms with Gasteiger partial charge in [-0.25, -0.2) is 14.4 Å². The van der Waals surface area contributed by atoms with Crippen molar-refractivity contribution in [3.8, 4) is 0 Å². The predicted molar refractivity (Wildman–Crippen MR) is 169 cm³/mol. The molecule has 0 fully saturated rings. The predicted octanol–water partition coefficient (Wildman–Crippen LogP) is 5.64. The fraction of sp³-hybridized carbons (Fsp3) is 0.647. The number of benzene rings is 1. The number of ether oxygens (including phenoxy) is 4. The van der Waals surface area contributed by atoms with Crippen LogP contribution in [0.5, 0.6) is 0 Å². The van der Waals surface area contributed by atoms with Gasteiger partial charge in [0.1, 0.15) is 30.5 Å². The van der Waals surface area contributed by atoms with Gasteiger partial charge < -0.3 is 34.5 Å². The van der Waals surface area contributed by atoms with Crippen LogP contribution in [0.15, 0.2) is 41.5 Å². The van der Waals surface area contributed by atoms with Gasteiger partial charge >= 0.3 is 18.2 Å². The van der Waals surface area contributed by atoms with Crippen LogP contribution in [-0.4, -0.2) is 70.3 Å². The van der Waals surface area contributed by atoms with Gasteiger partial charge in [-0.2, -0.15) is 0 Å². The number of alkyl carbamates (subject to hydrolysis) is 1. The number of rotatable bonds is 15. The second kappa shape index (κ2) is 17.3. The first kappa shape index (κ1) is 39.6. The Balaban J connectivity index is 2.97. The normalized spacial score (nSPS) is 16.0. The van der Waals surface area contributed by atoms with Gasteiger partial charge in [0.25, 0.3) is 0 Å². The summed E-state index contributed by atoms with van der Waals surface area (Å²) in [6.07, 6.45) is -6.24. The van der Waals surface area contributed by atoms with Crippen molar-refractivity contribution in [3.63, 3.8) is 0 Å². The molecule has 0 aliphatic rings. The largest absolute Gasteiger partial charge is 0.508 e. The van der Waals surface area contributed by atoms with Crippen LogP contribution in [0.3, 0.4) is 0 Å². The molecule has 0 saturated heterocycles. The Bertz CT molecular complexity index is 1170. The Morgan fingerprint density at radius 1 is 0.889 bits per heavy atom. The molecular weight excluding hydrogens is 582 g/mol. The minimum absolute atomic E-state index is 0.00867. The van der Waals surface area contributed by atoms with Crippen LogP contribution in [0.4, 0.5) is 9.59 Å². The minimum Gasteiger partial charge on any atom is -0.456 e. The third-order valence-electron chi connectivity index (χ3n) is 7.48. The van der Waals surface area contributed by atoms with Gasteiger partial charge in [0.05, 0.1) is 11.5 Å². The van der Waals surface area contributed by atoms with E-state index >= 15 is 0 Å². The number of Topliss-reactive ketones (excluding diaryl/α,β-unsaturated/α-hetero) is 1. The van der Waals surface area contributed by atoms with E-state index in [0.29, 0.717) is 5.57 Å². The van der Waals surface area contributed by atoms with E-state index in [9.17, 15) is 29.4 Å². The van der Waals surface area contributed by atoms with E-state index in [1.807, 2.05) is 32.0 Å². The number of carbonyl (C=O) groups is 4. The van der Waals surface area contributed by atoms with Gasteiger partial charge in [0, 0.05) is 0 Å². The highest BCUT2D eigenvalue weighted by atomic mass is 16.7. The number of esters is 1. The zero-order valence-corrected chi connectivity index (χ0v) is 28.6. The van der Waals surface area contributed by atoms with E-state index in [1.54, 1.807) is 67.5 Å². The zero-order chi connectivity index (χ0) is 34.7. The summed E-state index contributed by atoms with van der Waals surface area (Å²) in [6, 6.07) is 8.11. The van der Waals surface area contributed by atoms with E-state index in [0.717, 1.165) is 5.56 Å². The first-order chi connectivity index (χ1) is 20.7. The maximum absolute atomic E-state index is 13.5. The number of hydrogen-bond acceptors (Lipinski definition) is 10. The maximum atomic E-state index is 13.5. The lowest BCUT2D eigenvalue weighted by molar-refractivity contribution is -0.158. The summed E-state index contributed by atoms with van der Waals surface area (Å²) in [7, 11) is 0. The summed E-state index contributed by atoms with van der Waals surface area (Å²) < 4.78 is 21.4. The summed E-state index contributed by atoms with van der Waals surface area (Å²) >= 11 is 0. The van der Waals surface area contributed by atoms with Crippen molar-refractivity contribution in [1.29, 1.82) is 0 Å². The highest BCUT2D eigenvalue weighted by Crippen LogP contribution is 2.31. The molecule has 1 amide bonds. The summed E-state index contributed by atoms with van der Waals surface area (Å²) in [5.41, 5.74) is -0.650. The number of carbonyl (C=O) groups excluding carboxylic acids is 4. The van der Waals surface area contributed by atoms with Crippen molar-refractivity contribution in [1.82, 2.24) is 5.32 Å². The second-order valence-corrected chi connectivity index (χ2v) is 13.3. The van der Waals surface area contributed by atoms with Gasteiger partial charge in [-0.3, -0.25) is 4.79 Å². The molecule has 11 nitrogen and oxygen atoms in total. The quantitative estimate of drug-likeness (QED) is 0.125. The standard InChI is InChI=1S/C34H53NO10/c1-12-26(44-32(41)42-19-24-16-14-13-15-17-24)34(10,11)29(38)27(36)22(5)21(4)23(6)43-30(39)28(37)25(18-20(2)3)35-31(40)45-33(7,8)9/h13-17,20,23,25-28,36-37H,12,18-19H2,1-11H3,(H,35,40)/b22-21+/t23-,25-,26-,27+,28?/m0/s1. The number of ketones is 1. The third kappa shape index (κ3) is 12.8. The number of aliphatic hydroxyl groups is 2. The lowest BCUT2D eigenvalue weighted by atomic mass is 9.77. The van der Waals surface area contributed by atoms with Crippen LogP contribution in [0.1, 0.15) is 94.6 Å². The van der Waals surface area contributed by atoms with Crippen LogP contribution in [0, 0.1) is 11.3 Å². The van der Waals surface area contributed by atoms with Crippen LogP contribution < -0.4 is 5.32 Å². The molecule has 1 aromatic carbocycles. The Kier molecular flexibility index (Phi) is 15.2. The van der Waals surface area contributed by atoms with E-state index in [-0.39, 0.29) is 30.9 Å². The Morgan fingerprint density at radius 3 is 1.98 bits per heavy atom. The molecule has 11 heteroatoms. The number of amides is 1. The van der Waals surface area contributed by atoms with E-state index in [2.05, 4.69) is 5.32 Å². The number of aliphatic hydroxyl groups excluding tert-OH is 2. The van der Waals surface area contributed by atoms with E-state index in [4.69, 9.17) is 18.9 Å². The average molecular weight is 636 g/mol. The van der Waals surface area contributed by atoms with Gasteiger partial charge in [-0.05, 0) is 90.9 Å². The van der Waals surface area contributed by atoms with Crippen molar-refractivity contribution in [2.24, 2.45) is 11.3 Å². The van der Waals surface area contributed by atoms with Crippen molar-refractivity contribution < 1.29 is 48.3 Å². The highest BCUT2D eigenvalue weighted by Gasteiger charge is 2.43. The molecule has 0 bridgehead atoms. The van der Waals surface area contributed by atoms with Gasteiger partial charge in [-0.1, -0.05) is 51.1 Å². The molecule has 1 aromatic rings. The topological polar surface area (TPSA) is 158 Å². The Hall–Kier alpha value is -3.44. The molecule has 0 aliphatic heterocycles. The second-order valence-electron chi connectivity index (χ2n) is 13.3. The number of nitrogens with one attached hydrogen (secondary N) is 1. The van der Waals surface area contributed by atoms with Crippen LogP contribution in [-0.2, 0) is 35.1 Å². The lowest BCUT2D eigenvalue weighted by Crippen LogP contribution is -2.50. The molecule has 1 unspecified atom stereocenters. The Morgan fingerprint density at radius 2 is 1.47 bits per heavy atom. The van der Waals surface area contributed by atoms with Crippen molar-refractivity contribution in [2.45, 2.75) is 132 Å². The highest BCUT2D eigenvalue weighted by molar-refractivity contribution is 5.91. The van der Waals surface area contributed by atoms with E-state index < -0.39 is 65.5 Å². The van der Waals surface area contributed by atoms with Crippen LogP contribution in [0.25, 0.3) is 0 Å². The molecule has 0 saturated carbocycles. The molecule has 0 heterocycles. The minimum atomic E-state index is -1.69. The molecule has 254 valence electrons. The van der Waals surface area contributed by atoms with E-state index in [1.165, 1.54) is 6.92 Å². The molecule has 0 aliphatic carbocycles. The fourth-order valence-corrected chi connectivity index (χ4v) is 4.58. The smallest absolute Gasteiger partial charge is 0.456 e. The Labute approximate surface area is 267 Å². The molecule has 3 N–H and O–H groups in total. The summed E-state index contributed by atoms with van der Waals surface area (Å²) in [5, 5.41) is 24.4. The van der Waals surface area contributed by atoms with Crippen LogP contribution >= 0.6 is 0 Å².